The number of imide groups is 1. The third kappa shape index (κ3) is 5.06. The van der Waals surface area contributed by atoms with Crippen LogP contribution in [0.5, 0.6) is 0 Å². The predicted octanol–water partition coefficient (Wildman–Crippen LogP) is 1.70. The first-order valence-electron chi connectivity index (χ1n) is 9.09. The summed E-state index contributed by atoms with van der Waals surface area (Å²) >= 11 is 0. The molecule has 0 aromatic heterocycles. The van der Waals surface area contributed by atoms with Gasteiger partial charge >= 0.3 is 6.03 Å². The maximum atomic E-state index is 12.0. The molecule has 2 N–H and O–H groups in total. The van der Waals surface area contributed by atoms with E-state index in [4.69, 9.17) is 0 Å². The summed E-state index contributed by atoms with van der Waals surface area (Å²) in [6, 6.07) is 7.40. The van der Waals surface area contributed by atoms with Crippen molar-refractivity contribution in [3.05, 3.63) is 29.8 Å². The van der Waals surface area contributed by atoms with Gasteiger partial charge < -0.3 is 10.2 Å². The molecule has 1 aromatic carbocycles. The van der Waals surface area contributed by atoms with E-state index in [0.29, 0.717) is 0 Å². The van der Waals surface area contributed by atoms with Gasteiger partial charge in [0.25, 0.3) is 5.91 Å². The van der Waals surface area contributed by atoms with E-state index in [2.05, 4.69) is 34.6 Å². The molecule has 4 amide bonds. The highest BCUT2D eigenvalue weighted by Gasteiger charge is 2.43. The number of rotatable bonds is 8. The molecule has 0 spiro atoms. The summed E-state index contributed by atoms with van der Waals surface area (Å²) in [7, 11) is 0. The normalized spacial score (nSPS) is 15.9. The van der Waals surface area contributed by atoms with Crippen LogP contribution in [0.4, 0.5) is 10.5 Å². The highest BCUT2D eigenvalue weighted by Crippen LogP contribution is 2.16. The summed E-state index contributed by atoms with van der Waals surface area (Å²) in [5, 5.41) is 6.50. The molecule has 0 radical (unpaired) electrons. The van der Waals surface area contributed by atoms with Gasteiger partial charge in [-0.3, -0.25) is 14.5 Å². The Morgan fingerprint density at radius 1 is 1.22 bits per heavy atom. The molecule has 0 aliphatic carbocycles. The van der Waals surface area contributed by atoms with Gasteiger partial charge in [0.05, 0.1) is 6.21 Å². The molecule has 0 unspecified atom stereocenters. The Labute approximate surface area is 159 Å². The van der Waals surface area contributed by atoms with Crippen LogP contribution in [-0.2, 0) is 9.59 Å². The lowest BCUT2D eigenvalue weighted by molar-refractivity contribution is -0.130. The number of carbonyl (C=O) groups excluding carboxylic acids is 3. The molecule has 0 saturated carbocycles. The van der Waals surface area contributed by atoms with Gasteiger partial charge in [0.2, 0.25) is 5.91 Å². The largest absolute Gasteiger partial charge is 0.372 e. The molecule has 1 saturated heterocycles. The van der Waals surface area contributed by atoms with Crippen LogP contribution in [0.1, 0.15) is 39.7 Å². The first kappa shape index (κ1) is 20.4. The van der Waals surface area contributed by atoms with Crippen molar-refractivity contribution in [2.75, 3.05) is 24.5 Å². The molecule has 1 aliphatic heterocycles. The average molecular weight is 373 g/mol. The number of anilines is 1. The summed E-state index contributed by atoms with van der Waals surface area (Å²) < 4.78 is 0. The van der Waals surface area contributed by atoms with Crippen molar-refractivity contribution in [1.82, 2.24) is 15.6 Å². The van der Waals surface area contributed by atoms with E-state index in [1.54, 1.807) is 20.1 Å². The minimum absolute atomic E-state index is 0.00647. The summed E-state index contributed by atoms with van der Waals surface area (Å²) in [6.07, 6.45) is 1.55. The Hall–Kier alpha value is -2.90. The van der Waals surface area contributed by atoms with E-state index in [-0.39, 0.29) is 24.8 Å². The van der Waals surface area contributed by atoms with Crippen LogP contribution >= 0.6 is 0 Å². The summed E-state index contributed by atoms with van der Waals surface area (Å²) in [6.45, 7) is 9.37. The lowest BCUT2D eigenvalue weighted by Gasteiger charge is -2.20. The summed E-state index contributed by atoms with van der Waals surface area (Å²) in [5.41, 5.74) is 3.49. The number of hydrogen-bond donors (Lipinski definition) is 2. The molecular formula is C19H27N5O3. The van der Waals surface area contributed by atoms with E-state index in [9.17, 15) is 14.4 Å². The molecule has 0 atom stereocenters. The summed E-state index contributed by atoms with van der Waals surface area (Å²) in [5.74, 6) is -0.701. The minimum Gasteiger partial charge on any atom is -0.372 e. The lowest BCUT2D eigenvalue weighted by atomic mass is 10.1. The first-order valence-corrected chi connectivity index (χ1v) is 9.09. The van der Waals surface area contributed by atoms with Crippen LogP contribution in [0.15, 0.2) is 29.4 Å². The Kier molecular flexibility index (Phi) is 6.55. The number of nitrogens with one attached hydrogen (secondary N) is 2. The van der Waals surface area contributed by atoms with Crippen molar-refractivity contribution in [2.24, 2.45) is 5.10 Å². The van der Waals surface area contributed by atoms with Crippen molar-refractivity contribution >= 4 is 29.7 Å². The van der Waals surface area contributed by atoms with Gasteiger partial charge in [-0.25, -0.2) is 10.2 Å². The van der Waals surface area contributed by atoms with Crippen LogP contribution in [0.25, 0.3) is 0 Å². The molecule has 1 aliphatic rings. The lowest BCUT2D eigenvalue weighted by Crippen LogP contribution is -2.40. The molecule has 1 aromatic rings. The third-order valence-corrected chi connectivity index (χ3v) is 4.43. The van der Waals surface area contributed by atoms with E-state index in [0.717, 1.165) is 29.2 Å². The van der Waals surface area contributed by atoms with Crippen molar-refractivity contribution in [3.8, 4) is 0 Å². The topological polar surface area (TPSA) is 94.1 Å². The Bertz CT molecular complexity index is 723. The zero-order valence-electron chi connectivity index (χ0n) is 16.3. The number of nitrogens with zero attached hydrogens (tertiary/aromatic N) is 3. The van der Waals surface area contributed by atoms with Gasteiger partial charge in [0, 0.05) is 31.7 Å². The average Bonchev–Trinajstić information content (AvgIpc) is 2.83. The second kappa shape index (κ2) is 8.66. The maximum absolute atomic E-state index is 12.0. The van der Waals surface area contributed by atoms with Gasteiger partial charge in [-0.2, -0.15) is 5.10 Å². The Morgan fingerprint density at radius 3 is 2.37 bits per heavy atom. The molecule has 8 nitrogen and oxygen atoms in total. The maximum Gasteiger partial charge on any atom is 0.325 e. The molecule has 1 fully saturated rings. The highest BCUT2D eigenvalue weighted by molar-refractivity contribution is 6.06. The van der Waals surface area contributed by atoms with E-state index in [1.165, 1.54) is 0 Å². The predicted molar refractivity (Wildman–Crippen MR) is 105 cm³/mol. The highest BCUT2D eigenvalue weighted by atomic mass is 16.2. The Morgan fingerprint density at radius 2 is 1.85 bits per heavy atom. The second-order valence-corrected chi connectivity index (χ2v) is 6.82. The smallest absolute Gasteiger partial charge is 0.325 e. The monoisotopic (exact) mass is 373 g/mol. The van der Waals surface area contributed by atoms with E-state index >= 15 is 0 Å². The zero-order chi connectivity index (χ0) is 20.0. The summed E-state index contributed by atoms with van der Waals surface area (Å²) in [4.78, 5) is 39.0. The van der Waals surface area contributed by atoms with Crippen LogP contribution in [-0.4, -0.2) is 54.1 Å². The minimum atomic E-state index is -0.928. The number of amides is 4. The van der Waals surface area contributed by atoms with Crippen molar-refractivity contribution in [2.45, 2.75) is 39.7 Å². The van der Waals surface area contributed by atoms with Crippen LogP contribution in [0.2, 0.25) is 0 Å². The van der Waals surface area contributed by atoms with Gasteiger partial charge in [0.1, 0.15) is 5.54 Å². The molecule has 8 heteroatoms. The number of hydrogen-bond acceptors (Lipinski definition) is 5. The molecular weight excluding hydrogens is 346 g/mol. The van der Waals surface area contributed by atoms with Gasteiger partial charge in [-0.05, 0) is 45.4 Å². The quantitative estimate of drug-likeness (QED) is 0.412. The third-order valence-electron chi connectivity index (χ3n) is 4.43. The Balaban J connectivity index is 1.82. The van der Waals surface area contributed by atoms with Crippen LogP contribution < -0.4 is 15.6 Å². The molecule has 146 valence electrons. The number of hydrazone groups is 1. The SMILES string of the molecule is CCN(CC)c1ccc(/C=N\NC(=O)CCN2C(=O)NC(C)(C)C2=O)cc1. The standard InChI is InChI=1S/C19H27N5O3/c1-5-23(6-2)15-9-7-14(8-10-15)13-20-22-16(25)11-12-24-17(26)19(3,4)21-18(24)27/h7-10,13H,5-6,11-12H2,1-4H3,(H,21,27)(H,22,25)/b20-13-. The van der Waals surface area contributed by atoms with E-state index < -0.39 is 11.6 Å². The van der Waals surface area contributed by atoms with Crippen molar-refractivity contribution in [1.29, 1.82) is 0 Å². The van der Waals surface area contributed by atoms with Gasteiger partial charge in [-0.1, -0.05) is 12.1 Å². The molecule has 0 bridgehead atoms. The first-order chi connectivity index (χ1) is 12.8. The van der Waals surface area contributed by atoms with Crippen molar-refractivity contribution in [3.63, 3.8) is 0 Å². The van der Waals surface area contributed by atoms with Gasteiger partial charge in [0.15, 0.2) is 0 Å². The van der Waals surface area contributed by atoms with E-state index in [1.807, 2.05) is 24.3 Å². The fourth-order valence-corrected chi connectivity index (χ4v) is 2.83. The van der Waals surface area contributed by atoms with Crippen LogP contribution in [0.3, 0.4) is 0 Å². The second-order valence-electron chi connectivity index (χ2n) is 6.82. The molecule has 27 heavy (non-hydrogen) atoms. The van der Waals surface area contributed by atoms with Crippen molar-refractivity contribution < 1.29 is 14.4 Å². The fraction of sp³-hybridized carbons (Fsp3) is 0.474. The van der Waals surface area contributed by atoms with Crippen LogP contribution in [0, 0.1) is 0 Å². The van der Waals surface area contributed by atoms with Gasteiger partial charge in [-0.15, -0.1) is 0 Å². The number of carbonyl (C=O) groups is 3. The molecule has 1 heterocycles. The number of urea groups is 1. The number of benzene rings is 1. The fourth-order valence-electron chi connectivity index (χ4n) is 2.83. The molecule has 2 rings (SSSR count). The zero-order valence-corrected chi connectivity index (χ0v) is 16.3.